The number of hydrogen-bond donors (Lipinski definition) is 1. The summed E-state index contributed by atoms with van der Waals surface area (Å²) in [5, 5.41) is 3.42. The zero-order valence-electron chi connectivity index (χ0n) is 11.1. The Morgan fingerprint density at radius 1 is 1.44 bits per heavy atom. The van der Waals surface area contributed by atoms with Gasteiger partial charge < -0.3 is 14.8 Å². The van der Waals surface area contributed by atoms with Crippen LogP contribution in [-0.4, -0.2) is 41.6 Å². The summed E-state index contributed by atoms with van der Waals surface area (Å²) in [5.74, 6) is 0.967. The van der Waals surface area contributed by atoms with Gasteiger partial charge in [-0.3, -0.25) is 0 Å². The van der Waals surface area contributed by atoms with E-state index >= 15 is 0 Å². The lowest BCUT2D eigenvalue weighted by Crippen LogP contribution is -2.34. The Hall–Kier alpha value is -1.03. The Bertz CT molecular complexity index is 315. The fraction of sp³-hybridized carbons (Fsp3) is 0.750. The summed E-state index contributed by atoms with van der Waals surface area (Å²) in [6.07, 6.45) is 3.84. The maximum absolute atomic E-state index is 4.31. The predicted molar refractivity (Wildman–Crippen MR) is 68.7 cm³/mol. The molecule has 0 amide bonds. The average molecular weight is 224 g/mol. The molecule has 0 radical (unpaired) electrons. The number of imidazole rings is 1. The molecule has 0 aliphatic heterocycles. The molecular weight excluding hydrogens is 200 g/mol. The summed E-state index contributed by atoms with van der Waals surface area (Å²) in [7, 11) is 4.21. The number of nitrogens with one attached hydrogen (secondary N) is 1. The molecule has 0 atom stereocenters. The second-order valence-corrected chi connectivity index (χ2v) is 5.29. The van der Waals surface area contributed by atoms with Crippen molar-refractivity contribution in [2.24, 2.45) is 5.41 Å². The van der Waals surface area contributed by atoms with Crippen molar-refractivity contribution in [1.29, 1.82) is 0 Å². The zero-order chi connectivity index (χ0) is 12.2. The Morgan fingerprint density at radius 3 is 2.69 bits per heavy atom. The summed E-state index contributed by atoms with van der Waals surface area (Å²) in [4.78, 5) is 6.52. The Labute approximate surface area is 98.7 Å². The molecule has 1 aromatic heterocycles. The number of nitrogens with zero attached hydrogens (tertiary/aromatic N) is 3. The average Bonchev–Trinajstić information content (AvgIpc) is 2.59. The van der Waals surface area contributed by atoms with Gasteiger partial charge in [-0.1, -0.05) is 13.8 Å². The van der Waals surface area contributed by atoms with Gasteiger partial charge in [0.05, 0.1) is 0 Å². The molecule has 0 unspecified atom stereocenters. The molecule has 92 valence electrons. The van der Waals surface area contributed by atoms with Crippen molar-refractivity contribution in [2.75, 3.05) is 32.5 Å². The summed E-state index contributed by atoms with van der Waals surface area (Å²) in [6, 6.07) is 0. The molecule has 0 fully saturated rings. The van der Waals surface area contributed by atoms with Crippen molar-refractivity contribution in [3.63, 3.8) is 0 Å². The molecule has 0 bridgehead atoms. The quantitative estimate of drug-likeness (QED) is 0.801. The van der Waals surface area contributed by atoms with Crippen molar-refractivity contribution in [3.8, 4) is 0 Å². The maximum atomic E-state index is 4.31. The first-order valence-electron chi connectivity index (χ1n) is 5.84. The third-order valence-electron chi connectivity index (χ3n) is 2.53. The van der Waals surface area contributed by atoms with Gasteiger partial charge in [0.1, 0.15) is 0 Å². The van der Waals surface area contributed by atoms with E-state index in [2.05, 4.69) is 54.6 Å². The molecule has 1 rings (SSSR count). The molecule has 0 saturated carbocycles. The molecule has 4 nitrogen and oxygen atoms in total. The monoisotopic (exact) mass is 224 g/mol. The maximum Gasteiger partial charge on any atom is 0.202 e. The first-order chi connectivity index (χ1) is 7.44. The van der Waals surface area contributed by atoms with Gasteiger partial charge >= 0.3 is 0 Å². The minimum Gasteiger partial charge on any atom is -0.355 e. The summed E-state index contributed by atoms with van der Waals surface area (Å²) >= 11 is 0. The van der Waals surface area contributed by atoms with E-state index in [1.54, 1.807) is 0 Å². The molecule has 1 aromatic rings. The van der Waals surface area contributed by atoms with Crippen molar-refractivity contribution in [1.82, 2.24) is 14.5 Å². The van der Waals surface area contributed by atoms with Crippen LogP contribution < -0.4 is 5.32 Å². The van der Waals surface area contributed by atoms with Crippen LogP contribution in [0.15, 0.2) is 12.4 Å². The molecule has 1 N–H and O–H groups in total. The van der Waals surface area contributed by atoms with Crippen LogP contribution in [0, 0.1) is 5.41 Å². The fourth-order valence-electron chi connectivity index (χ4n) is 1.96. The highest BCUT2D eigenvalue weighted by molar-refractivity contribution is 5.26. The molecule has 1 heterocycles. The van der Waals surface area contributed by atoms with Gasteiger partial charge in [0.15, 0.2) is 0 Å². The fourth-order valence-corrected chi connectivity index (χ4v) is 1.96. The van der Waals surface area contributed by atoms with Gasteiger partial charge in [-0.25, -0.2) is 4.98 Å². The molecule has 0 aliphatic carbocycles. The van der Waals surface area contributed by atoms with Crippen LogP contribution in [-0.2, 0) is 6.54 Å². The Morgan fingerprint density at radius 2 is 2.12 bits per heavy atom. The minimum atomic E-state index is 0.244. The predicted octanol–water partition coefficient (Wildman–Crippen LogP) is 1.90. The molecular formula is C12H24N4. The third kappa shape index (κ3) is 3.85. The lowest BCUT2D eigenvalue weighted by atomic mass is 9.93. The number of aryl methyl sites for hydroxylation is 1. The van der Waals surface area contributed by atoms with Gasteiger partial charge in [-0.15, -0.1) is 0 Å². The normalized spacial score (nSPS) is 12.1. The van der Waals surface area contributed by atoms with Crippen molar-refractivity contribution < 1.29 is 0 Å². The smallest absolute Gasteiger partial charge is 0.202 e. The van der Waals surface area contributed by atoms with E-state index < -0.39 is 0 Å². The first-order valence-corrected chi connectivity index (χ1v) is 5.84. The number of rotatable bonds is 6. The van der Waals surface area contributed by atoms with Crippen LogP contribution in [0.4, 0.5) is 5.95 Å². The van der Waals surface area contributed by atoms with E-state index in [0.29, 0.717) is 0 Å². The summed E-state index contributed by atoms with van der Waals surface area (Å²) in [5.41, 5.74) is 0.244. The van der Waals surface area contributed by atoms with Crippen LogP contribution in [0.25, 0.3) is 0 Å². The van der Waals surface area contributed by atoms with Crippen LogP contribution in [0.2, 0.25) is 0 Å². The van der Waals surface area contributed by atoms with Crippen molar-refractivity contribution in [3.05, 3.63) is 12.4 Å². The summed E-state index contributed by atoms with van der Waals surface area (Å²) in [6.45, 7) is 9.60. The van der Waals surface area contributed by atoms with Crippen LogP contribution in [0.5, 0.6) is 0 Å². The van der Waals surface area contributed by atoms with Crippen molar-refractivity contribution >= 4 is 5.95 Å². The molecule has 0 saturated heterocycles. The third-order valence-corrected chi connectivity index (χ3v) is 2.53. The van der Waals surface area contributed by atoms with Crippen LogP contribution in [0.1, 0.15) is 20.8 Å². The molecule has 0 aromatic carbocycles. The summed E-state index contributed by atoms with van der Waals surface area (Å²) < 4.78 is 2.12. The zero-order valence-corrected chi connectivity index (χ0v) is 11.1. The van der Waals surface area contributed by atoms with Gasteiger partial charge in [0.25, 0.3) is 0 Å². The minimum absolute atomic E-state index is 0.244. The molecule has 16 heavy (non-hydrogen) atoms. The Kier molecular flexibility index (Phi) is 4.35. The van der Waals surface area contributed by atoms with E-state index in [1.807, 2.05) is 12.4 Å². The largest absolute Gasteiger partial charge is 0.355 e. The number of aromatic nitrogens is 2. The lowest BCUT2D eigenvalue weighted by molar-refractivity contribution is 0.253. The highest BCUT2D eigenvalue weighted by Crippen LogP contribution is 2.16. The van der Waals surface area contributed by atoms with Crippen LogP contribution in [0.3, 0.4) is 0 Å². The van der Waals surface area contributed by atoms with E-state index in [1.165, 1.54) is 0 Å². The molecule has 0 spiro atoms. The first kappa shape index (κ1) is 13.0. The second-order valence-electron chi connectivity index (χ2n) is 5.29. The molecule has 0 aliphatic rings. The standard InChI is InChI=1S/C12H24N4/c1-6-16-8-7-13-11(16)14-9-12(2,3)10-15(4)5/h7-8H,6,9-10H2,1-5H3,(H,13,14). The SMILES string of the molecule is CCn1ccnc1NCC(C)(C)CN(C)C. The van der Waals surface area contributed by atoms with E-state index in [4.69, 9.17) is 0 Å². The van der Waals surface area contributed by atoms with Crippen molar-refractivity contribution in [2.45, 2.75) is 27.3 Å². The lowest BCUT2D eigenvalue weighted by Gasteiger charge is -2.28. The Balaban J connectivity index is 2.50. The van der Waals surface area contributed by atoms with Crippen LogP contribution >= 0.6 is 0 Å². The second kappa shape index (κ2) is 5.34. The number of hydrogen-bond acceptors (Lipinski definition) is 3. The van der Waals surface area contributed by atoms with Gasteiger partial charge in [0.2, 0.25) is 5.95 Å². The van der Waals surface area contributed by atoms with E-state index in [9.17, 15) is 0 Å². The van der Waals surface area contributed by atoms with Gasteiger partial charge in [0, 0.05) is 32.0 Å². The highest BCUT2D eigenvalue weighted by atomic mass is 15.2. The number of anilines is 1. The van der Waals surface area contributed by atoms with E-state index in [-0.39, 0.29) is 5.41 Å². The van der Waals surface area contributed by atoms with Gasteiger partial charge in [-0.05, 0) is 26.4 Å². The molecule has 4 heteroatoms. The van der Waals surface area contributed by atoms with Gasteiger partial charge in [-0.2, -0.15) is 0 Å². The topological polar surface area (TPSA) is 33.1 Å². The van der Waals surface area contributed by atoms with E-state index in [0.717, 1.165) is 25.6 Å². The highest BCUT2D eigenvalue weighted by Gasteiger charge is 2.19.